The second kappa shape index (κ2) is 13.7. The van der Waals surface area contributed by atoms with Gasteiger partial charge in [-0.2, -0.15) is 5.10 Å². The van der Waals surface area contributed by atoms with Gasteiger partial charge in [0, 0.05) is 5.92 Å². The van der Waals surface area contributed by atoms with Crippen molar-refractivity contribution < 1.29 is 60.2 Å². The first-order chi connectivity index (χ1) is 16.6. The van der Waals surface area contributed by atoms with Crippen LogP contribution in [-0.2, 0) is 9.47 Å². The molecule has 1 heterocycles. The normalized spacial score (nSPS) is 28.4. The topological polar surface area (TPSA) is 242 Å². The lowest BCUT2D eigenvalue weighted by Crippen LogP contribution is -2.59. The number of benzene rings is 1. The average molecular weight is 504 g/mol. The quantitative estimate of drug-likeness (QED) is 0.0959. The third kappa shape index (κ3) is 7.62. The molecule has 9 unspecified atom stereocenters. The first-order valence-electron chi connectivity index (χ1n) is 10.8. The van der Waals surface area contributed by atoms with Crippen LogP contribution in [0, 0.1) is 5.92 Å². The van der Waals surface area contributed by atoms with E-state index >= 15 is 0 Å². The van der Waals surface area contributed by atoms with Crippen molar-refractivity contribution >= 4 is 12.1 Å². The fourth-order valence-corrected chi connectivity index (χ4v) is 3.45. The molecule has 0 radical (unpaired) electrons. The van der Waals surface area contributed by atoms with Crippen molar-refractivity contribution in [1.82, 2.24) is 5.43 Å². The number of nitrogens with one attached hydrogen (secondary N) is 1. The Bertz CT molecular complexity index is 825. The molecule has 0 aromatic heterocycles. The van der Waals surface area contributed by atoms with Crippen molar-refractivity contribution in [3.63, 3.8) is 0 Å². The monoisotopic (exact) mass is 504 g/mol. The van der Waals surface area contributed by atoms with Crippen LogP contribution in [0.3, 0.4) is 0 Å². The second-order valence-corrected chi connectivity index (χ2v) is 8.04. The number of ether oxygens (including phenoxy) is 2. The zero-order valence-corrected chi connectivity index (χ0v) is 18.6. The van der Waals surface area contributed by atoms with E-state index < -0.39 is 80.5 Å². The van der Waals surface area contributed by atoms with E-state index in [0.29, 0.717) is 0 Å². The highest BCUT2D eigenvalue weighted by molar-refractivity contribution is 5.96. The van der Waals surface area contributed by atoms with Gasteiger partial charge in [-0.05, 0) is 12.1 Å². The zero-order valence-electron chi connectivity index (χ0n) is 18.6. The molecule has 0 saturated carbocycles. The zero-order chi connectivity index (χ0) is 26.1. The van der Waals surface area contributed by atoms with Crippen LogP contribution in [0.2, 0.25) is 0 Å². The number of phenolic OH excluding ortho intramolecular Hbond substituents is 1. The highest BCUT2D eigenvalue weighted by Gasteiger charge is 2.43. The summed E-state index contributed by atoms with van der Waals surface area (Å²) >= 11 is 0. The maximum absolute atomic E-state index is 12.0. The van der Waals surface area contributed by atoms with E-state index in [-0.39, 0.29) is 17.9 Å². The standard InChI is InChI=1S/C21H32N2O12/c24-6-14(28)11(8-34-9-16-19(31)20(32)18(30)15(7-25)35-16)17(29)13(27)5-22-23-21(33)10-3-1-2-4-12(10)26/h1-5,11,13-20,24-32H,6-9H2,(H,23,33). The third-order valence-corrected chi connectivity index (χ3v) is 5.60. The summed E-state index contributed by atoms with van der Waals surface area (Å²) in [5, 5.41) is 92.0. The number of phenols is 1. The maximum Gasteiger partial charge on any atom is 0.275 e. The van der Waals surface area contributed by atoms with Gasteiger partial charge in [0.1, 0.15) is 42.4 Å². The van der Waals surface area contributed by atoms with E-state index in [2.05, 4.69) is 10.5 Å². The van der Waals surface area contributed by atoms with E-state index in [0.717, 1.165) is 6.21 Å². The van der Waals surface area contributed by atoms with Gasteiger partial charge in [-0.25, -0.2) is 5.43 Å². The minimum absolute atomic E-state index is 0.0742. The molecule has 1 aromatic carbocycles. The average Bonchev–Trinajstić information content (AvgIpc) is 2.85. The molecule has 1 aliphatic heterocycles. The van der Waals surface area contributed by atoms with Crippen LogP contribution >= 0.6 is 0 Å². The first kappa shape index (κ1) is 29.0. The number of rotatable bonds is 12. The van der Waals surface area contributed by atoms with Crippen LogP contribution in [-0.4, -0.2) is 133 Å². The summed E-state index contributed by atoms with van der Waals surface area (Å²) in [4.78, 5) is 12.0. The highest BCUT2D eigenvalue weighted by atomic mass is 16.6. The number of aliphatic hydroxyl groups is 8. The SMILES string of the molecule is O=C(NN=CC(O)C(O)C(COCC1OC(CO)C(O)C(O)C1O)C(O)CO)c1ccccc1O. The van der Waals surface area contributed by atoms with Gasteiger partial charge in [0.25, 0.3) is 5.91 Å². The fourth-order valence-electron chi connectivity index (χ4n) is 3.45. The molecule has 14 heteroatoms. The predicted molar refractivity (Wildman–Crippen MR) is 117 cm³/mol. The Hall–Kier alpha value is -2.24. The number of hydrazone groups is 1. The molecule has 1 fully saturated rings. The number of hydrogen-bond acceptors (Lipinski definition) is 13. The summed E-state index contributed by atoms with van der Waals surface area (Å²) in [6, 6.07) is 5.66. The van der Waals surface area contributed by atoms with Crippen molar-refractivity contribution in [2.45, 2.75) is 48.8 Å². The van der Waals surface area contributed by atoms with Gasteiger partial charge in [0.2, 0.25) is 0 Å². The summed E-state index contributed by atoms with van der Waals surface area (Å²) in [6.07, 6.45) is -11.2. The minimum Gasteiger partial charge on any atom is -0.507 e. The number of aliphatic hydroxyl groups excluding tert-OH is 8. The van der Waals surface area contributed by atoms with E-state index in [1.54, 1.807) is 0 Å². The third-order valence-electron chi connectivity index (χ3n) is 5.60. The molecule has 0 spiro atoms. The second-order valence-electron chi connectivity index (χ2n) is 8.04. The molecule has 35 heavy (non-hydrogen) atoms. The highest BCUT2D eigenvalue weighted by Crippen LogP contribution is 2.22. The Labute approximate surface area is 200 Å². The van der Waals surface area contributed by atoms with Crippen LogP contribution in [0.15, 0.2) is 29.4 Å². The molecule has 14 nitrogen and oxygen atoms in total. The number of para-hydroxylation sites is 1. The maximum atomic E-state index is 12.0. The van der Waals surface area contributed by atoms with Gasteiger partial charge in [-0.15, -0.1) is 0 Å². The molecular formula is C21H32N2O12. The minimum atomic E-state index is -1.72. The molecule has 0 aliphatic carbocycles. The van der Waals surface area contributed by atoms with Gasteiger partial charge < -0.3 is 55.4 Å². The molecule has 2 rings (SSSR count). The lowest BCUT2D eigenvalue weighted by Gasteiger charge is -2.40. The van der Waals surface area contributed by atoms with Crippen molar-refractivity contribution in [3.8, 4) is 5.75 Å². The fraction of sp³-hybridized carbons (Fsp3) is 0.619. The van der Waals surface area contributed by atoms with Gasteiger partial charge in [0.15, 0.2) is 0 Å². The Morgan fingerprint density at radius 1 is 1.09 bits per heavy atom. The number of carbonyl (C=O) groups is 1. The molecule has 10 N–H and O–H groups in total. The molecule has 198 valence electrons. The number of nitrogens with zero attached hydrogens (tertiary/aromatic N) is 1. The van der Waals surface area contributed by atoms with E-state index in [1.807, 2.05) is 0 Å². The van der Waals surface area contributed by atoms with Crippen molar-refractivity contribution in [2.75, 3.05) is 26.4 Å². The van der Waals surface area contributed by atoms with Crippen LogP contribution in [0.1, 0.15) is 10.4 Å². The smallest absolute Gasteiger partial charge is 0.275 e. The van der Waals surface area contributed by atoms with Crippen LogP contribution < -0.4 is 5.43 Å². The Morgan fingerprint density at radius 2 is 1.74 bits per heavy atom. The molecule has 1 amide bonds. The molecular weight excluding hydrogens is 472 g/mol. The number of amides is 1. The Balaban J connectivity index is 1.93. The summed E-state index contributed by atoms with van der Waals surface area (Å²) < 4.78 is 10.6. The van der Waals surface area contributed by atoms with Crippen molar-refractivity contribution in [2.24, 2.45) is 11.0 Å². The molecule has 1 aromatic rings. The molecule has 1 aliphatic rings. The van der Waals surface area contributed by atoms with E-state index in [1.165, 1.54) is 24.3 Å². The van der Waals surface area contributed by atoms with Gasteiger partial charge in [-0.1, -0.05) is 12.1 Å². The molecule has 1 saturated heterocycles. The Kier molecular flexibility index (Phi) is 11.4. The Morgan fingerprint density at radius 3 is 2.37 bits per heavy atom. The van der Waals surface area contributed by atoms with Crippen molar-refractivity contribution in [1.29, 1.82) is 0 Å². The van der Waals surface area contributed by atoms with E-state index in [9.17, 15) is 50.8 Å². The van der Waals surface area contributed by atoms with Crippen LogP contribution in [0.25, 0.3) is 0 Å². The molecule has 0 bridgehead atoms. The predicted octanol–water partition coefficient (Wildman–Crippen LogP) is -4.34. The summed E-state index contributed by atoms with van der Waals surface area (Å²) in [7, 11) is 0. The summed E-state index contributed by atoms with van der Waals surface area (Å²) in [5.74, 6) is -2.33. The largest absolute Gasteiger partial charge is 0.507 e. The molecule has 9 atom stereocenters. The van der Waals surface area contributed by atoms with Crippen LogP contribution in [0.5, 0.6) is 5.75 Å². The number of aromatic hydroxyl groups is 1. The lowest BCUT2D eigenvalue weighted by atomic mass is 9.93. The summed E-state index contributed by atoms with van der Waals surface area (Å²) in [5.41, 5.74) is 1.99. The first-order valence-corrected chi connectivity index (χ1v) is 10.8. The van der Waals surface area contributed by atoms with Gasteiger partial charge in [-0.3, -0.25) is 4.79 Å². The van der Waals surface area contributed by atoms with Crippen LogP contribution in [0.4, 0.5) is 0 Å². The van der Waals surface area contributed by atoms with E-state index in [4.69, 9.17) is 9.47 Å². The van der Waals surface area contributed by atoms with Crippen molar-refractivity contribution in [3.05, 3.63) is 29.8 Å². The number of carbonyl (C=O) groups excluding carboxylic acids is 1. The summed E-state index contributed by atoms with van der Waals surface area (Å²) in [6.45, 7) is -2.26. The van der Waals surface area contributed by atoms with Gasteiger partial charge >= 0.3 is 0 Å². The lowest BCUT2D eigenvalue weighted by molar-refractivity contribution is -0.240. The van der Waals surface area contributed by atoms with Gasteiger partial charge in [0.05, 0.1) is 50.4 Å². The number of hydrogen-bond donors (Lipinski definition) is 10.